The van der Waals surface area contributed by atoms with Crippen LogP contribution >= 0.6 is 10.7 Å². The second-order valence-corrected chi connectivity index (χ2v) is 51.0. The number of likely N-dealkylation sites (tertiary alicyclic amines) is 4. The van der Waals surface area contributed by atoms with Crippen LogP contribution in [0.1, 0.15) is 237 Å². The van der Waals surface area contributed by atoms with Gasteiger partial charge in [0.15, 0.2) is 0 Å². The summed E-state index contributed by atoms with van der Waals surface area (Å²) in [4.78, 5) is 16.1. The molecule has 4 aromatic rings. The number of hydrogen-bond acceptors (Lipinski definition) is 21. The number of aliphatic hydroxyl groups excluding tert-OH is 2. The van der Waals surface area contributed by atoms with E-state index in [0.717, 1.165) is 137 Å². The Labute approximate surface area is 840 Å². The molecule has 28 aliphatic rings. The quantitative estimate of drug-likeness (QED) is 0.0196. The number of aliphatic hydroxyl groups is 2. The summed E-state index contributed by atoms with van der Waals surface area (Å²) in [6, 6.07) is 20.9. The summed E-state index contributed by atoms with van der Waals surface area (Å²) in [6.45, 7) is 22.1. The first-order valence-electron chi connectivity index (χ1n) is 51.8. The maximum atomic E-state index is 12.0. The summed E-state index contributed by atoms with van der Waals surface area (Å²) >= 11 is 0. The van der Waals surface area contributed by atoms with Crippen LogP contribution in [0, 0.1) is 96.7 Å². The molecule has 20 fully saturated rings. The van der Waals surface area contributed by atoms with Gasteiger partial charge in [0, 0.05) is 197 Å². The molecule has 24 atom stereocenters. The molecule has 20 aliphatic carbocycles. The van der Waals surface area contributed by atoms with Gasteiger partial charge in [0.05, 0.1) is 27.6 Å². The second kappa shape index (κ2) is 36.2. The molecule has 31 heteroatoms. The summed E-state index contributed by atoms with van der Waals surface area (Å²) in [5.41, 5.74) is 45.9. The largest absolute Gasteiger partial charge is 1.00 e. The van der Waals surface area contributed by atoms with Crippen molar-refractivity contribution in [3.63, 3.8) is 0 Å². The molecule has 4 aromatic carbocycles. The summed E-state index contributed by atoms with van der Waals surface area (Å²) < 4.78 is 117. The van der Waals surface area contributed by atoms with E-state index in [9.17, 15) is 26.3 Å². The van der Waals surface area contributed by atoms with Crippen LogP contribution in [0.25, 0.3) is 26.4 Å². The minimum Gasteiger partial charge on any atom is -0.486 e. The van der Waals surface area contributed by atoms with Crippen molar-refractivity contribution >= 4 is 29.9 Å². The third-order valence-electron chi connectivity index (χ3n) is 41.4. The van der Waals surface area contributed by atoms with Gasteiger partial charge in [-0.3, -0.25) is 33.1 Å². The molecule has 0 amide bonds. The van der Waals surface area contributed by atoms with E-state index in [-0.39, 0.29) is 154 Å². The number of ether oxygens (including phenoxy) is 8. The molecule has 4 N–H and O–H groups in total. The van der Waals surface area contributed by atoms with Gasteiger partial charge in [0.25, 0.3) is 10.1 Å². The van der Waals surface area contributed by atoms with Crippen LogP contribution in [0.2, 0.25) is 0 Å². The topological polar surface area (TPSA) is 338 Å². The van der Waals surface area contributed by atoms with Crippen molar-refractivity contribution < 1.29 is 104 Å². The van der Waals surface area contributed by atoms with Crippen molar-refractivity contribution in [2.75, 3.05) is 133 Å². The van der Waals surface area contributed by atoms with Crippen LogP contribution in [-0.4, -0.2) is 251 Å². The van der Waals surface area contributed by atoms with E-state index >= 15 is 0 Å². The van der Waals surface area contributed by atoms with Crippen molar-refractivity contribution in [3.8, 4) is 23.0 Å². The number of aryl methyl sites for hydroxylation is 4. The maximum absolute atomic E-state index is 12.0. The molecule has 26 nitrogen and oxygen atoms in total. The van der Waals surface area contributed by atoms with Crippen LogP contribution in [0.3, 0.4) is 0 Å². The van der Waals surface area contributed by atoms with Gasteiger partial charge in [-0.2, -0.15) is 8.42 Å². The summed E-state index contributed by atoms with van der Waals surface area (Å²) in [5, 5.41) is 22.1. The monoisotopic (exact) mass is 1960 g/mol. The van der Waals surface area contributed by atoms with Gasteiger partial charge < -0.3 is 64.9 Å². The Morgan fingerprint density at radius 1 is 0.482 bits per heavy atom. The Morgan fingerprint density at radius 2 is 0.737 bits per heavy atom. The number of azide groups is 1. The number of piperidine rings is 4. The minimum absolute atomic E-state index is 0. The van der Waals surface area contributed by atoms with E-state index in [0.29, 0.717) is 48.6 Å². The smallest absolute Gasteiger partial charge is 0.486 e. The normalized spacial score (nSPS) is 40.7. The maximum Gasteiger partial charge on any atom is 1.00 e. The third kappa shape index (κ3) is 14.2. The molecule has 8 unspecified atom stereocenters. The van der Waals surface area contributed by atoms with Crippen molar-refractivity contribution in [3.05, 3.63) is 142 Å². The average molecular weight is 1960 g/mol. The summed E-state index contributed by atoms with van der Waals surface area (Å²) in [5.74, 6) is 9.03. The van der Waals surface area contributed by atoms with E-state index < -0.39 is 31.9 Å². The fourth-order valence-corrected chi connectivity index (χ4v) is 36.4. The average Bonchev–Trinajstić information content (AvgIpc) is 1.60. The zero-order valence-corrected chi connectivity index (χ0v) is 86.8. The molecule has 746 valence electrons. The number of halogens is 2. The van der Waals surface area contributed by atoms with Gasteiger partial charge in [-0.1, -0.05) is 61.1 Å². The number of benzene rings is 4. The Bertz CT molecular complexity index is 5530. The number of nitrogens with two attached hydrogens (primary N) is 1. The molecule has 8 aliphatic heterocycles. The van der Waals surface area contributed by atoms with Crippen molar-refractivity contribution in [2.45, 2.75) is 314 Å². The van der Waals surface area contributed by atoms with Crippen LogP contribution in [0.15, 0.2) is 53.6 Å². The van der Waals surface area contributed by atoms with Gasteiger partial charge in [0.2, 0.25) is 9.05 Å². The number of rotatable bonds is 19. The number of alkyl halides is 1. The minimum atomic E-state index is -3.52. The zero-order chi connectivity index (χ0) is 95.6. The predicted molar refractivity (Wildman–Crippen MR) is 521 cm³/mol. The molecule has 32 rings (SSSR count). The van der Waals surface area contributed by atoms with Gasteiger partial charge in [-0.05, 0) is 327 Å². The predicted octanol–water partition coefficient (Wildman–Crippen LogP) is 13.4. The van der Waals surface area contributed by atoms with Crippen LogP contribution < -0.4 is 54.2 Å². The first-order valence-corrected chi connectivity index (χ1v) is 55.7. The Morgan fingerprint density at radius 3 is 0.993 bits per heavy atom. The molecule has 137 heavy (non-hydrogen) atoms. The molecule has 0 aromatic heterocycles. The molecule has 16 saturated carbocycles. The molecule has 8 heterocycles. The van der Waals surface area contributed by atoms with E-state index in [4.69, 9.17) is 70.9 Å². The Balaban J connectivity index is 0.000000112. The Kier molecular flexibility index (Phi) is 26.3. The van der Waals surface area contributed by atoms with E-state index in [2.05, 4.69) is 117 Å². The molecule has 16 bridgehead atoms. The standard InChI is InChI=1S/C26H35NO5S.C25H32N4O2.C25H34N2O2.C25H33NO3.C2H6O.CH3ClO2S.CH3F.CH4.N3.Na/c1-16-4-7-18-12-20-24-8-9-26(30-2,19(13-24)15-31-33(3,28)29)23-25(24,21(18)22(16)32-23)10-11-27(20)14-17-5-6-17;1-15-3-6-17-11-19-23-7-8-25(30-2,18(12-23)13-27-28-26)22-24(23,20(17)21(15)31-22)9-10-29(19)14-16-4-5-16;1-15-3-6-17-11-19-23-7-8-25(28-2,18(12-23)13-26)22-24(23,20(17)21(15)29-22)9-10-27(19)14-16-4-5-16;1-15-3-6-17-11-19-23-7-8-25(28-2,18(12-23)14-27)22-24(23,20(17)21(15)29-22)9-10-26(19)13-16-4-5-16;1-2-3;1-5(2,3)4;1-2;;1-3-2;/h4,7,17,19-20,23H,5-6,8-15H2,1-3H3;3,6,16,18-19,22H,4-5,7-14H2,1-2H3;3,6,16,18-19,22H,4-5,7-14,26H2,1-2H3;3,6,16,18-19,22,27H,4-5,7-14H2,1-2H3;3H,2H2,1H3;1H3;1H3;1H4;;/q;;;;;;;;-1;+1/t19-,20-,23?,24-,25+,26?;3*18-,19-,22?,23-,24+,25?;;;;;;/m1111....../s1/i;;;;;;1D;;;. The van der Waals surface area contributed by atoms with Gasteiger partial charge in [0.1, 0.15) is 69.8 Å². The fourth-order valence-electron chi connectivity index (χ4n) is 36.0. The summed E-state index contributed by atoms with van der Waals surface area (Å²) in [6.07, 6.45) is 36.0. The van der Waals surface area contributed by atoms with Crippen molar-refractivity contribution in [1.82, 2.24) is 19.6 Å². The fraction of sp³-hybridized carbons (Fsp3) is 0.774. The van der Waals surface area contributed by atoms with E-state index in [1.165, 1.54) is 209 Å². The SMILES string of the molecule is C.CCO.COC12CC[C@@]3(C[C@@H]1CN)[C@H]1Cc4ccc(C)c5c4[C@@]3(CCN1CC1CC1)C2O5.COC12CC[C@@]3(C[C@@H]1CN=[N+]=[N-])[C@H]1Cc4ccc(C)c5c4[C@@]3(CCN1CC1CC1)C2O5.COC12CC[C@@]3(C[C@@H]1CO)[C@H]1Cc4ccc(C)c5c4[C@@]3(CCN1CC1CC1)C2O5.COC12CC[C@@]3(C[C@@H]1COS(C)(=O)=O)[C@H]1Cc4ccc(C)c5c4[C@@]3(CCN1CC1CC1)C2O5.CS(=O)(=O)Cl.[2H]CF.[N-]=[N+]=[N-].[Na+]. The van der Waals surface area contributed by atoms with Gasteiger partial charge in [-0.15, -0.1) is 0 Å². The first-order chi connectivity index (χ1) is 65.3. The summed E-state index contributed by atoms with van der Waals surface area (Å²) in [7, 11) is 4.23. The number of methoxy groups -OCH3 is 4. The van der Waals surface area contributed by atoms with Gasteiger partial charge in [-0.25, -0.2) is 8.42 Å². The zero-order valence-electron chi connectivity index (χ0n) is 83.4. The van der Waals surface area contributed by atoms with E-state index in [1.807, 2.05) is 21.3 Å². The van der Waals surface area contributed by atoms with Crippen molar-refractivity contribution in [2.24, 2.45) is 79.9 Å². The van der Waals surface area contributed by atoms with Gasteiger partial charge >= 0.3 is 29.6 Å². The molecular formula is C106H150ClFN11NaO15S2. The van der Waals surface area contributed by atoms with Crippen molar-refractivity contribution in [1.29, 1.82) is 0 Å². The number of nitrogens with zero attached hydrogens (tertiary/aromatic N) is 10. The molecular weight excluding hydrogens is 1810 g/mol. The number of fused-ring (bicyclic) bond motifs is 8. The third-order valence-corrected chi connectivity index (χ3v) is 42.0. The molecule has 4 saturated heterocycles. The van der Waals surface area contributed by atoms with E-state index in [1.54, 1.807) is 30.7 Å². The molecule has 0 radical (unpaired) electrons. The first kappa shape index (κ1) is 99.7. The Hall–Kier alpha value is -4.66. The number of hydrogen-bond donors (Lipinski definition) is 3. The van der Waals surface area contributed by atoms with Crippen LogP contribution in [0.4, 0.5) is 4.39 Å². The van der Waals surface area contributed by atoms with Crippen LogP contribution in [-0.2, 0) is 89.6 Å². The second-order valence-electron chi connectivity index (χ2n) is 46.3. The molecule has 8 spiro atoms. The van der Waals surface area contributed by atoms with Crippen LogP contribution in [0.5, 0.6) is 23.0 Å².